The lowest BCUT2D eigenvalue weighted by molar-refractivity contribution is -0.192. The van der Waals surface area contributed by atoms with Crippen LogP contribution >= 0.6 is 0 Å². The number of hydrogen-bond donors (Lipinski definition) is 1. The number of rotatable bonds is 4. The van der Waals surface area contributed by atoms with Crippen molar-refractivity contribution in [3.63, 3.8) is 0 Å². The number of likely N-dealkylation sites (tertiary alicyclic amines) is 1. The number of carboxylic acids is 1. The predicted molar refractivity (Wildman–Crippen MR) is 94.2 cm³/mol. The quantitative estimate of drug-likeness (QED) is 0.823. The Morgan fingerprint density at radius 2 is 2.17 bits per heavy atom. The second kappa shape index (κ2) is 8.83. The largest absolute Gasteiger partial charge is 0.490 e. The third-order valence-corrected chi connectivity index (χ3v) is 4.72. The van der Waals surface area contributed by atoms with Crippen LogP contribution in [0.5, 0.6) is 5.88 Å². The Labute approximate surface area is 165 Å². The fraction of sp³-hybridized carbons (Fsp3) is 0.474. The van der Waals surface area contributed by atoms with Crippen molar-refractivity contribution in [3.05, 3.63) is 48.6 Å². The molecule has 2 saturated heterocycles. The van der Waals surface area contributed by atoms with Crippen LogP contribution in [0.2, 0.25) is 0 Å². The van der Waals surface area contributed by atoms with Crippen molar-refractivity contribution >= 4 is 5.97 Å². The van der Waals surface area contributed by atoms with Crippen LogP contribution in [0.4, 0.5) is 13.2 Å². The highest BCUT2D eigenvalue weighted by Gasteiger charge is 2.46. The minimum Gasteiger partial charge on any atom is -0.475 e. The molecular formula is C19H21F3N2O5. The molecule has 10 heteroatoms. The third kappa shape index (κ3) is 5.94. The van der Waals surface area contributed by atoms with E-state index in [1.54, 1.807) is 12.5 Å². The number of halogens is 3. The molecule has 0 saturated carbocycles. The number of furan rings is 1. The second-order valence-corrected chi connectivity index (χ2v) is 7.00. The molecule has 4 rings (SSSR count). The van der Waals surface area contributed by atoms with Crippen molar-refractivity contribution in [3.8, 4) is 5.88 Å². The highest BCUT2D eigenvalue weighted by Crippen LogP contribution is 2.36. The SMILES string of the molecule is O=C(O)C(F)(F)F.c1ccc(O[C@@H]2CO[C@@]3(CCN(Cc4ccoc4)C3)C2)nc1. The van der Waals surface area contributed by atoms with Gasteiger partial charge in [-0.15, -0.1) is 0 Å². The highest BCUT2D eigenvalue weighted by molar-refractivity contribution is 5.73. The monoisotopic (exact) mass is 414 g/mol. The van der Waals surface area contributed by atoms with Crippen molar-refractivity contribution in [1.82, 2.24) is 9.88 Å². The number of pyridine rings is 1. The molecule has 2 atom stereocenters. The first-order valence-electron chi connectivity index (χ1n) is 9.01. The minimum atomic E-state index is -5.08. The molecule has 0 amide bonds. The fourth-order valence-corrected chi connectivity index (χ4v) is 3.45. The van der Waals surface area contributed by atoms with Gasteiger partial charge in [0.2, 0.25) is 5.88 Å². The van der Waals surface area contributed by atoms with Crippen LogP contribution in [0.1, 0.15) is 18.4 Å². The minimum absolute atomic E-state index is 0.0524. The van der Waals surface area contributed by atoms with Crippen molar-refractivity contribution in [1.29, 1.82) is 0 Å². The van der Waals surface area contributed by atoms with Gasteiger partial charge in [0.05, 0.1) is 24.7 Å². The van der Waals surface area contributed by atoms with Gasteiger partial charge in [-0.05, 0) is 18.6 Å². The molecule has 7 nitrogen and oxygen atoms in total. The van der Waals surface area contributed by atoms with Gasteiger partial charge in [-0.2, -0.15) is 13.2 Å². The van der Waals surface area contributed by atoms with E-state index >= 15 is 0 Å². The Balaban J connectivity index is 0.000000298. The normalized spacial score (nSPS) is 24.3. The van der Waals surface area contributed by atoms with Crippen molar-refractivity contribution < 1.29 is 37.0 Å². The molecule has 2 aliphatic rings. The molecule has 0 unspecified atom stereocenters. The molecule has 0 aromatic carbocycles. The van der Waals surface area contributed by atoms with E-state index in [-0.39, 0.29) is 11.7 Å². The summed E-state index contributed by atoms with van der Waals surface area (Å²) in [5, 5.41) is 7.12. The summed E-state index contributed by atoms with van der Waals surface area (Å²) in [5.41, 5.74) is 1.17. The highest BCUT2D eigenvalue weighted by atomic mass is 19.4. The summed E-state index contributed by atoms with van der Waals surface area (Å²) < 4.78 is 48.9. The molecule has 0 aliphatic carbocycles. The van der Waals surface area contributed by atoms with Crippen LogP contribution in [0.15, 0.2) is 47.4 Å². The Kier molecular flexibility index (Phi) is 6.43. The Bertz CT molecular complexity index is 785. The van der Waals surface area contributed by atoms with Crippen LogP contribution in [0.3, 0.4) is 0 Å². The molecule has 0 radical (unpaired) electrons. The lowest BCUT2D eigenvalue weighted by Crippen LogP contribution is -2.33. The number of ether oxygens (including phenoxy) is 2. The first kappa shape index (κ1) is 21.1. The number of carboxylic acid groups (broad SMARTS) is 1. The van der Waals surface area contributed by atoms with Gasteiger partial charge in [0.15, 0.2) is 0 Å². The predicted octanol–water partition coefficient (Wildman–Crippen LogP) is 3.12. The number of alkyl halides is 3. The van der Waals surface area contributed by atoms with Gasteiger partial charge >= 0.3 is 12.1 Å². The second-order valence-electron chi connectivity index (χ2n) is 7.00. The van der Waals surface area contributed by atoms with E-state index < -0.39 is 12.1 Å². The van der Waals surface area contributed by atoms with Crippen LogP contribution in [0.25, 0.3) is 0 Å². The molecule has 158 valence electrons. The molecule has 2 aromatic rings. The van der Waals surface area contributed by atoms with E-state index in [1.807, 2.05) is 30.5 Å². The van der Waals surface area contributed by atoms with E-state index in [4.69, 9.17) is 23.8 Å². The van der Waals surface area contributed by atoms with Gasteiger partial charge in [-0.25, -0.2) is 9.78 Å². The number of carbonyl (C=O) groups is 1. The van der Waals surface area contributed by atoms with Crippen LogP contribution in [-0.2, 0) is 16.1 Å². The van der Waals surface area contributed by atoms with Gasteiger partial charge in [-0.3, -0.25) is 4.90 Å². The maximum Gasteiger partial charge on any atom is 0.490 e. The molecule has 2 aromatic heterocycles. The average Bonchev–Trinajstić information content (AvgIpc) is 3.40. The zero-order valence-electron chi connectivity index (χ0n) is 15.5. The fourth-order valence-electron chi connectivity index (χ4n) is 3.45. The van der Waals surface area contributed by atoms with Gasteiger partial charge in [0.25, 0.3) is 0 Å². The van der Waals surface area contributed by atoms with Crippen LogP contribution in [-0.4, -0.2) is 58.5 Å². The molecule has 2 fully saturated rings. The zero-order valence-corrected chi connectivity index (χ0v) is 15.5. The molecule has 1 N–H and O–H groups in total. The molecule has 0 bridgehead atoms. The summed E-state index contributed by atoms with van der Waals surface area (Å²) in [6.07, 6.45) is 2.31. The number of aromatic nitrogens is 1. The first-order chi connectivity index (χ1) is 13.8. The summed E-state index contributed by atoms with van der Waals surface area (Å²) >= 11 is 0. The number of hydrogen-bond acceptors (Lipinski definition) is 6. The van der Waals surface area contributed by atoms with E-state index in [0.717, 1.165) is 32.5 Å². The van der Waals surface area contributed by atoms with Gasteiger partial charge in [0.1, 0.15) is 6.10 Å². The van der Waals surface area contributed by atoms with Crippen molar-refractivity contribution in [2.75, 3.05) is 19.7 Å². The smallest absolute Gasteiger partial charge is 0.475 e. The maximum atomic E-state index is 10.6. The Hall–Kier alpha value is -2.59. The average molecular weight is 414 g/mol. The van der Waals surface area contributed by atoms with Crippen LogP contribution < -0.4 is 4.74 Å². The third-order valence-electron chi connectivity index (χ3n) is 4.72. The molecule has 29 heavy (non-hydrogen) atoms. The van der Waals surface area contributed by atoms with Gasteiger partial charge in [0, 0.05) is 43.9 Å². The summed E-state index contributed by atoms with van der Waals surface area (Å²) in [4.78, 5) is 15.5. The van der Waals surface area contributed by atoms with Crippen molar-refractivity contribution in [2.24, 2.45) is 0 Å². The Morgan fingerprint density at radius 3 is 2.79 bits per heavy atom. The van der Waals surface area contributed by atoms with Crippen LogP contribution in [0, 0.1) is 0 Å². The van der Waals surface area contributed by atoms with E-state index in [1.165, 1.54) is 5.56 Å². The number of nitrogens with zero attached hydrogens (tertiary/aromatic N) is 2. The first-order valence-corrected chi connectivity index (χ1v) is 9.01. The molecule has 2 aliphatic heterocycles. The van der Waals surface area contributed by atoms with Crippen molar-refractivity contribution in [2.45, 2.75) is 37.3 Å². The van der Waals surface area contributed by atoms with Gasteiger partial charge in [-0.1, -0.05) is 6.07 Å². The summed E-state index contributed by atoms with van der Waals surface area (Å²) in [6.45, 7) is 3.59. The topological polar surface area (TPSA) is 85.0 Å². The van der Waals surface area contributed by atoms with E-state index in [2.05, 4.69) is 9.88 Å². The summed E-state index contributed by atoms with van der Waals surface area (Å²) in [5.74, 6) is -2.08. The van der Waals surface area contributed by atoms with E-state index in [9.17, 15) is 13.2 Å². The molecular weight excluding hydrogens is 393 g/mol. The zero-order chi connectivity index (χ0) is 20.9. The van der Waals surface area contributed by atoms with Gasteiger partial charge < -0.3 is 19.0 Å². The standard InChI is InChI=1S/C17H20N2O3.C2HF3O2/c1-2-6-18-16(3-1)22-15-9-17(21-12-15)5-7-19(13-17)10-14-4-8-20-11-14;3-2(4,5)1(6)7/h1-4,6,8,11,15H,5,7,9-10,12-13H2;(H,6,7)/t15-,17-;/m0./s1. The maximum absolute atomic E-state index is 10.6. The lowest BCUT2D eigenvalue weighted by Gasteiger charge is -2.23. The Morgan fingerprint density at radius 1 is 1.38 bits per heavy atom. The number of aliphatic carboxylic acids is 1. The van der Waals surface area contributed by atoms with E-state index in [0.29, 0.717) is 12.5 Å². The summed E-state index contributed by atoms with van der Waals surface area (Å²) in [7, 11) is 0. The molecule has 4 heterocycles. The summed E-state index contributed by atoms with van der Waals surface area (Å²) in [6, 6.07) is 7.75. The molecule has 1 spiro atoms. The lowest BCUT2D eigenvalue weighted by atomic mass is 9.98.